The highest BCUT2D eigenvalue weighted by Gasteiger charge is 2.56. The van der Waals surface area contributed by atoms with Crippen molar-refractivity contribution >= 4 is 34.9 Å². The van der Waals surface area contributed by atoms with Crippen LogP contribution in [0.15, 0.2) is 36.7 Å². The number of nitrogens with zero attached hydrogens (tertiary/aromatic N) is 3. The van der Waals surface area contributed by atoms with E-state index < -0.39 is 41.3 Å². The van der Waals surface area contributed by atoms with Crippen LogP contribution in [0, 0.1) is 11.3 Å². The van der Waals surface area contributed by atoms with Gasteiger partial charge in [-0.15, -0.1) is 0 Å². The predicted octanol–water partition coefficient (Wildman–Crippen LogP) is 1.39. The van der Waals surface area contributed by atoms with E-state index in [0.29, 0.717) is 18.3 Å². The van der Waals surface area contributed by atoms with E-state index in [2.05, 4.69) is 20.6 Å². The normalized spacial score (nSPS) is 20.9. The van der Waals surface area contributed by atoms with Crippen LogP contribution in [0.2, 0.25) is 0 Å². The quantitative estimate of drug-likeness (QED) is 0.444. The molecule has 1 aliphatic carbocycles. The molecule has 5 N–H and O–H groups in total. The summed E-state index contributed by atoms with van der Waals surface area (Å²) in [7, 11) is 0. The summed E-state index contributed by atoms with van der Waals surface area (Å²) in [6, 6.07) is 5.38. The highest BCUT2D eigenvalue weighted by molar-refractivity contribution is 6.44. The maximum absolute atomic E-state index is 13.0. The van der Waals surface area contributed by atoms with Crippen LogP contribution in [0.25, 0.3) is 0 Å². The molecule has 1 saturated carbocycles. The average molecular weight is 475 g/mol. The first kappa shape index (κ1) is 23.1. The SMILES string of the molecule is N=C(C(N)=O)c1ccccc1NCC(=O)N1[C@@H]2C[C@@H]2C[C@H]1C(=O)Nc1cncc(C(F)(F)F)n1. The zero-order valence-electron chi connectivity index (χ0n) is 17.6. The van der Waals surface area contributed by atoms with Crippen LogP contribution in [-0.2, 0) is 20.6 Å². The van der Waals surface area contributed by atoms with Crippen LogP contribution in [0.1, 0.15) is 24.1 Å². The first-order valence-corrected chi connectivity index (χ1v) is 10.3. The molecule has 2 fully saturated rings. The highest BCUT2D eigenvalue weighted by atomic mass is 19.4. The van der Waals surface area contributed by atoms with Crippen molar-refractivity contribution in [2.24, 2.45) is 11.7 Å². The number of piperidine rings is 1. The Bertz CT molecular complexity index is 1170. The zero-order chi connectivity index (χ0) is 24.6. The molecule has 2 aromatic rings. The van der Waals surface area contributed by atoms with Gasteiger partial charge in [-0.1, -0.05) is 18.2 Å². The number of para-hydroxylation sites is 1. The fourth-order valence-corrected chi connectivity index (χ4v) is 4.07. The second kappa shape index (κ2) is 8.72. The summed E-state index contributed by atoms with van der Waals surface area (Å²) in [4.78, 5) is 45.4. The second-order valence-corrected chi connectivity index (χ2v) is 8.03. The van der Waals surface area contributed by atoms with E-state index in [9.17, 15) is 27.6 Å². The molecule has 4 rings (SSSR count). The standard InChI is InChI=1S/C21H20F3N7O3/c22-21(23,24)15-7-27-8-16(29-15)30-20(34)14-6-10-5-13(10)31(14)17(32)9-28-12-4-2-1-3-11(12)18(25)19(26)33/h1-4,7-8,10,13-14,25,28H,5-6,9H2,(H2,26,33)(H,29,30,34)/t10-,13-,14+/m1/s1. The Morgan fingerprint density at radius 1 is 1.18 bits per heavy atom. The molecule has 1 aromatic carbocycles. The zero-order valence-corrected chi connectivity index (χ0v) is 17.6. The Morgan fingerprint density at radius 2 is 1.91 bits per heavy atom. The summed E-state index contributed by atoms with van der Waals surface area (Å²) in [5, 5.41) is 13.0. The summed E-state index contributed by atoms with van der Waals surface area (Å²) in [5.74, 6) is -2.19. The molecule has 0 radical (unpaired) electrons. The Morgan fingerprint density at radius 3 is 2.62 bits per heavy atom. The summed E-state index contributed by atoms with van der Waals surface area (Å²) in [5.41, 5.74) is 4.10. The van der Waals surface area contributed by atoms with Crippen LogP contribution in [-0.4, -0.2) is 56.9 Å². The average Bonchev–Trinajstić information content (AvgIpc) is 3.45. The number of primary amides is 1. The predicted molar refractivity (Wildman–Crippen MR) is 114 cm³/mol. The number of nitrogens with two attached hydrogens (primary N) is 1. The van der Waals surface area contributed by atoms with E-state index >= 15 is 0 Å². The molecule has 178 valence electrons. The number of aromatic nitrogens is 2. The van der Waals surface area contributed by atoms with Crippen molar-refractivity contribution < 1.29 is 27.6 Å². The number of hydrogen-bond acceptors (Lipinski definition) is 7. The van der Waals surface area contributed by atoms with Crippen molar-refractivity contribution in [2.75, 3.05) is 17.2 Å². The molecule has 1 saturated heterocycles. The van der Waals surface area contributed by atoms with Crippen LogP contribution >= 0.6 is 0 Å². The van der Waals surface area contributed by atoms with Gasteiger partial charge in [0.2, 0.25) is 11.8 Å². The van der Waals surface area contributed by atoms with E-state index in [-0.39, 0.29) is 29.9 Å². The van der Waals surface area contributed by atoms with Gasteiger partial charge in [0.25, 0.3) is 5.91 Å². The minimum absolute atomic E-state index is 0.128. The summed E-state index contributed by atoms with van der Waals surface area (Å²) in [6.45, 7) is -0.223. The Hall–Kier alpha value is -4.03. The number of benzene rings is 1. The van der Waals surface area contributed by atoms with Crippen molar-refractivity contribution in [3.8, 4) is 0 Å². The molecule has 34 heavy (non-hydrogen) atoms. The number of amides is 3. The minimum Gasteiger partial charge on any atom is -0.376 e. The van der Waals surface area contributed by atoms with E-state index in [1.165, 1.54) is 11.0 Å². The molecular weight excluding hydrogens is 455 g/mol. The maximum atomic E-state index is 13.0. The first-order chi connectivity index (χ1) is 16.1. The number of halogens is 3. The number of carbonyl (C=O) groups excluding carboxylic acids is 3. The minimum atomic E-state index is -4.71. The number of rotatable bonds is 7. The van der Waals surface area contributed by atoms with E-state index in [4.69, 9.17) is 11.1 Å². The molecule has 0 unspecified atom stereocenters. The molecule has 1 aliphatic heterocycles. The highest BCUT2D eigenvalue weighted by Crippen LogP contribution is 2.48. The van der Waals surface area contributed by atoms with E-state index in [0.717, 1.165) is 12.6 Å². The van der Waals surface area contributed by atoms with Gasteiger partial charge in [0.05, 0.1) is 18.9 Å². The molecule has 3 amide bonds. The largest absolute Gasteiger partial charge is 0.434 e. The molecule has 0 spiro atoms. The van der Waals surface area contributed by atoms with Gasteiger partial charge in [-0.05, 0) is 24.8 Å². The topological polar surface area (TPSA) is 154 Å². The van der Waals surface area contributed by atoms with Crippen molar-refractivity contribution in [3.63, 3.8) is 0 Å². The van der Waals surface area contributed by atoms with Gasteiger partial charge in [0.1, 0.15) is 11.8 Å². The number of nitrogens with one attached hydrogen (secondary N) is 3. The van der Waals surface area contributed by atoms with Crippen molar-refractivity contribution in [1.29, 1.82) is 5.41 Å². The lowest BCUT2D eigenvalue weighted by atomic mass is 10.1. The fraction of sp³-hybridized carbons (Fsp3) is 0.333. The second-order valence-electron chi connectivity index (χ2n) is 8.03. The summed E-state index contributed by atoms with van der Waals surface area (Å²) in [6.07, 6.45) is -2.03. The van der Waals surface area contributed by atoms with Gasteiger partial charge >= 0.3 is 6.18 Å². The third kappa shape index (κ3) is 4.67. The number of alkyl halides is 3. The lowest BCUT2D eigenvalue weighted by Gasteiger charge is -2.27. The van der Waals surface area contributed by atoms with Gasteiger partial charge in [-0.25, -0.2) is 4.98 Å². The number of fused-ring (bicyclic) bond motifs is 1. The summed E-state index contributed by atoms with van der Waals surface area (Å²) >= 11 is 0. The van der Waals surface area contributed by atoms with Crippen molar-refractivity contribution in [1.82, 2.24) is 14.9 Å². The number of anilines is 2. The van der Waals surface area contributed by atoms with Crippen LogP contribution < -0.4 is 16.4 Å². The van der Waals surface area contributed by atoms with Crippen LogP contribution in [0.4, 0.5) is 24.7 Å². The molecule has 3 atom stereocenters. The molecule has 13 heteroatoms. The third-order valence-electron chi connectivity index (χ3n) is 5.74. The van der Waals surface area contributed by atoms with Gasteiger partial charge in [0, 0.05) is 17.3 Å². The molecule has 1 aromatic heterocycles. The molecule has 2 heterocycles. The van der Waals surface area contributed by atoms with E-state index in [1.54, 1.807) is 18.2 Å². The lowest BCUT2D eigenvalue weighted by molar-refractivity contribution is -0.141. The first-order valence-electron chi connectivity index (χ1n) is 10.3. The van der Waals surface area contributed by atoms with Crippen LogP contribution in [0.3, 0.4) is 0 Å². The Labute approximate surface area is 191 Å². The molecular formula is C21H20F3N7O3. The van der Waals surface area contributed by atoms with Gasteiger partial charge in [0.15, 0.2) is 11.5 Å². The molecule has 0 bridgehead atoms. The fourth-order valence-electron chi connectivity index (χ4n) is 4.07. The lowest BCUT2D eigenvalue weighted by Crippen LogP contribution is -2.47. The van der Waals surface area contributed by atoms with E-state index in [1.807, 2.05) is 0 Å². The molecule has 2 aliphatic rings. The molecule has 10 nitrogen and oxygen atoms in total. The van der Waals surface area contributed by atoms with Gasteiger partial charge < -0.3 is 21.3 Å². The number of hydrogen-bond donors (Lipinski definition) is 4. The number of carbonyl (C=O) groups is 3. The Balaban J connectivity index is 1.44. The third-order valence-corrected chi connectivity index (χ3v) is 5.74. The maximum Gasteiger partial charge on any atom is 0.434 e. The monoisotopic (exact) mass is 475 g/mol. The van der Waals surface area contributed by atoms with Crippen LogP contribution in [0.5, 0.6) is 0 Å². The Kier molecular flexibility index (Phi) is 5.94. The van der Waals surface area contributed by atoms with Crippen molar-refractivity contribution in [2.45, 2.75) is 31.1 Å². The van der Waals surface area contributed by atoms with Crippen molar-refractivity contribution in [3.05, 3.63) is 47.9 Å². The number of likely N-dealkylation sites (tertiary alicyclic amines) is 1. The smallest absolute Gasteiger partial charge is 0.376 e. The summed E-state index contributed by atoms with van der Waals surface area (Å²) < 4.78 is 38.6. The van der Waals surface area contributed by atoms with Gasteiger partial charge in [-0.3, -0.25) is 24.8 Å². The van der Waals surface area contributed by atoms with Gasteiger partial charge in [-0.2, -0.15) is 13.2 Å².